The SMILES string of the molecule is CC[C@@H](Oc1ccccc1C)C(=O)NCCCc1cccc(OC)c1. The van der Waals surface area contributed by atoms with E-state index in [1.807, 2.05) is 56.3 Å². The Labute approximate surface area is 150 Å². The normalized spacial score (nSPS) is 11.6. The highest BCUT2D eigenvalue weighted by molar-refractivity contribution is 5.81. The monoisotopic (exact) mass is 341 g/mol. The standard InChI is InChI=1S/C21H27NO3/c1-4-19(25-20-13-6-5-9-16(20)2)21(23)22-14-8-11-17-10-7-12-18(15-17)24-3/h5-7,9-10,12-13,15,19H,4,8,11,14H2,1-3H3,(H,22,23)/t19-/m1/s1. The van der Waals surface area contributed by atoms with Crippen molar-refractivity contribution in [2.24, 2.45) is 0 Å². The van der Waals surface area contributed by atoms with Crippen molar-refractivity contribution < 1.29 is 14.3 Å². The average molecular weight is 341 g/mol. The zero-order valence-corrected chi connectivity index (χ0v) is 15.2. The van der Waals surface area contributed by atoms with Gasteiger partial charge in [0.1, 0.15) is 11.5 Å². The quantitative estimate of drug-likeness (QED) is 0.704. The molecule has 4 nitrogen and oxygen atoms in total. The number of benzene rings is 2. The lowest BCUT2D eigenvalue weighted by Gasteiger charge is -2.18. The summed E-state index contributed by atoms with van der Waals surface area (Å²) in [6.07, 6.45) is 1.95. The summed E-state index contributed by atoms with van der Waals surface area (Å²) in [5.41, 5.74) is 2.24. The van der Waals surface area contributed by atoms with Crippen LogP contribution in [0.25, 0.3) is 0 Å². The molecule has 25 heavy (non-hydrogen) atoms. The Hall–Kier alpha value is -2.49. The largest absolute Gasteiger partial charge is 0.497 e. The Bertz CT molecular complexity index is 684. The van der Waals surface area contributed by atoms with E-state index in [1.54, 1.807) is 7.11 Å². The van der Waals surface area contributed by atoms with Crippen LogP contribution in [0.1, 0.15) is 30.9 Å². The molecule has 134 valence electrons. The van der Waals surface area contributed by atoms with Crippen molar-refractivity contribution in [3.05, 3.63) is 59.7 Å². The zero-order valence-electron chi connectivity index (χ0n) is 15.2. The first-order valence-corrected chi connectivity index (χ1v) is 8.77. The van der Waals surface area contributed by atoms with Crippen LogP contribution < -0.4 is 14.8 Å². The maximum atomic E-state index is 12.3. The van der Waals surface area contributed by atoms with Crippen molar-refractivity contribution in [1.82, 2.24) is 5.32 Å². The molecule has 0 spiro atoms. The molecule has 1 N–H and O–H groups in total. The zero-order chi connectivity index (χ0) is 18.1. The number of hydrogen-bond acceptors (Lipinski definition) is 3. The molecule has 0 aliphatic carbocycles. The maximum Gasteiger partial charge on any atom is 0.261 e. The van der Waals surface area contributed by atoms with Crippen molar-refractivity contribution in [2.45, 2.75) is 39.2 Å². The molecule has 0 aliphatic heterocycles. The molecule has 2 aromatic rings. The summed E-state index contributed by atoms with van der Waals surface area (Å²) in [6, 6.07) is 15.8. The topological polar surface area (TPSA) is 47.6 Å². The number of amides is 1. The lowest BCUT2D eigenvalue weighted by atomic mass is 10.1. The third kappa shape index (κ3) is 5.82. The minimum Gasteiger partial charge on any atom is -0.497 e. The molecular weight excluding hydrogens is 314 g/mol. The number of carbonyl (C=O) groups is 1. The molecule has 2 aromatic carbocycles. The number of para-hydroxylation sites is 1. The van der Waals surface area contributed by atoms with Gasteiger partial charge in [0.05, 0.1) is 7.11 Å². The Morgan fingerprint density at radius 1 is 1.16 bits per heavy atom. The van der Waals surface area contributed by atoms with Crippen LogP contribution in [-0.4, -0.2) is 25.7 Å². The van der Waals surface area contributed by atoms with Gasteiger partial charge in [-0.3, -0.25) is 4.79 Å². The number of nitrogens with one attached hydrogen (secondary N) is 1. The van der Waals surface area contributed by atoms with Crippen LogP contribution in [0.4, 0.5) is 0 Å². The van der Waals surface area contributed by atoms with Gasteiger partial charge in [0.15, 0.2) is 6.10 Å². The van der Waals surface area contributed by atoms with Crippen molar-refractivity contribution in [2.75, 3.05) is 13.7 Å². The first-order valence-electron chi connectivity index (χ1n) is 8.77. The number of rotatable bonds is 9. The van der Waals surface area contributed by atoms with E-state index >= 15 is 0 Å². The van der Waals surface area contributed by atoms with Crippen LogP contribution in [0, 0.1) is 6.92 Å². The van der Waals surface area contributed by atoms with E-state index < -0.39 is 6.10 Å². The maximum absolute atomic E-state index is 12.3. The molecule has 0 radical (unpaired) electrons. The second-order valence-electron chi connectivity index (χ2n) is 6.03. The van der Waals surface area contributed by atoms with Gasteiger partial charge >= 0.3 is 0 Å². The Morgan fingerprint density at radius 2 is 1.96 bits per heavy atom. The molecule has 4 heteroatoms. The summed E-state index contributed by atoms with van der Waals surface area (Å²) in [4.78, 5) is 12.3. The molecule has 1 amide bonds. The molecule has 2 rings (SSSR count). The van der Waals surface area contributed by atoms with Crippen LogP contribution in [0.15, 0.2) is 48.5 Å². The second-order valence-corrected chi connectivity index (χ2v) is 6.03. The summed E-state index contributed by atoms with van der Waals surface area (Å²) < 4.78 is 11.1. The van der Waals surface area contributed by atoms with E-state index in [0.29, 0.717) is 13.0 Å². The van der Waals surface area contributed by atoms with Crippen LogP contribution in [-0.2, 0) is 11.2 Å². The molecule has 0 unspecified atom stereocenters. The first kappa shape index (κ1) is 18.8. The smallest absolute Gasteiger partial charge is 0.261 e. The number of ether oxygens (including phenoxy) is 2. The van der Waals surface area contributed by atoms with Gasteiger partial charge in [-0.2, -0.15) is 0 Å². The number of carbonyl (C=O) groups excluding carboxylic acids is 1. The minimum absolute atomic E-state index is 0.0589. The summed E-state index contributed by atoms with van der Waals surface area (Å²) in [6.45, 7) is 4.57. The van der Waals surface area contributed by atoms with Gasteiger partial charge in [0.2, 0.25) is 0 Å². The van der Waals surface area contributed by atoms with E-state index in [2.05, 4.69) is 11.4 Å². The second kappa shape index (κ2) is 9.72. The molecule has 0 bridgehead atoms. The van der Waals surface area contributed by atoms with Gasteiger partial charge in [0, 0.05) is 6.54 Å². The highest BCUT2D eigenvalue weighted by atomic mass is 16.5. The molecular formula is C21H27NO3. The van der Waals surface area contributed by atoms with E-state index in [9.17, 15) is 4.79 Å². The fourth-order valence-electron chi connectivity index (χ4n) is 2.61. The number of methoxy groups -OCH3 is 1. The van der Waals surface area contributed by atoms with E-state index in [-0.39, 0.29) is 5.91 Å². The lowest BCUT2D eigenvalue weighted by molar-refractivity contribution is -0.128. The van der Waals surface area contributed by atoms with E-state index in [0.717, 1.165) is 29.9 Å². The average Bonchev–Trinajstić information content (AvgIpc) is 2.64. The molecule has 0 heterocycles. The van der Waals surface area contributed by atoms with E-state index in [1.165, 1.54) is 5.56 Å². The summed E-state index contributed by atoms with van der Waals surface area (Å²) >= 11 is 0. The van der Waals surface area contributed by atoms with Crippen molar-refractivity contribution in [1.29, 1.82) is 0 Å². The highest BCUT2D eigenvalue weighted by Gasteiger charge is 2.18. The van der Waals surface area contributed by atoms with Crippen molar-refractivity contribution >= 4 is 5.91 Å². The predicted octanol–water partition coefficient (Wildman–Crippen LogP) is 3.91. The molecule has 0 saturated carbocycles. The first-order chi connectivity index (χ1) is 12.1. The lowest BCUT2D eigenvalue weighted by Crippen LogP contribution is -2.38. The molecule has 1 atom stereocenters. The summed E-state index contributed by atoms with van der Waals surface area (Å²) in [5.74, 6) is 1.57. The Kier molecular flexibility index (Phi) is 7.33. The van der Waals surface area contributed by atoms with Crippen LogP contribution in [0.3, 0.4) is 0 Å². The number of hydrogen-bond donors (Lipinski definition) is 1. The van der Waals surface area contributed by atoms with Crippen LogP contribution >= 0.6 is 0 Å². The summed E-state index contributed by atoms with van der Waals surface area (Å²) in [5, 5.41) is 2.98. The van der Waals surface area contributed by atoms with Gasteiger partial charge in [-0.05, 0) is 55.5 Å². The van der Waals surface area contributed by atoms with Crippen molar-refractivity contribution in [3.63, 3.8) is 0 Å². The minimum atomic E-state index is -0.460. The highest BCUT2D eigenvalue weighted by Crippen LogP contribution is 2.19. The molecule has 0 saturated heterocycles. The fraction of sp³-hybridized carbons (Fsp3) is 0.381. The Morgan fingerprint density at radius 3 is 2.68 bits per heavy atom. The molecule has 0 aliphatic rings. The van der Waals surface area contributed by atoms with Gasteiger partial charge in [-0.15, -0.1) is 0 Å². The van der Waals surface area contributed by atoms with Gasteiger partial charge in [-0.25, -0.2) is 0 Å². The van der Waals surface area contributed by atoms with Crippen LogP contribution in [0.2, 0.25) is 0 Å². The third-order valence-electron chi connectivity index (χ3n) is 4.10. The molecule has 0 aromatic heterocycles. The molecule has 0 fully saturated rings. The van der Waals surface area contributed by atoms with Crippen molar-refractivity contribution in [3.8, 4) is 11.5 Å². The fourth-order valence-corrected chi connectivity index (χ4v) is 2.61. The Balaban J connectivity index is 1.79. The third-order valence-corrected chi connectivity index (χ3v) is 4.10. The predicted molar refractivity (Wildman–Crippen MR) is 100 cm³/mol. The number of aryl methyl sites for hydroxylation is 2. The van der Waals surface area contributed by atoms with Gasteiger partial charge < -0.3 is 14.8 Å². The van der Waals surface area contributed by atoms with E-state index in [4.69, 9.17) is 9.47 Å². The summed E-state index contributed by atoms with van der Waals surface area (Å²) in [7, 11) is 1.67. The van der Waals surface area contributed by atoms with Gasteiger partial charge in [0.25, 0.3) is 5.91 Å². The van der Waals surface area contributed by atoms with Crippen LogP contribution in [0.5, 0.6) is 11.5 Å². The van der Waals surface area contributed by atoms with Gasteiger partial charge in [-0.1, -0.05) is 37.3 Å².